The molecule has 0 unspecified atom stereocenters. The highest BCUT2D eigenvalue weighted by Crippen LogP contribution is 2.11. The molecule has 0 bridgehead atoms. The molecule has 0 saturated carbocycles. The number of pyridine rings is 1. The van der Waals surface area contributed by atoms with E-state index in [0.29, 0.717) is 0 Å². The number of likely N-dealkylation sites (N-methyl/N-ethyl adjacent to an activating group) is 1. The Morgan fingerprint density at radius 1 is 1.00 bits per heavy atom. The van der Waals surface area contributed by atoms with Gasteiger partial charge < -0.3 is 10.6 Å². The number of benzene rings is 1. The molecule has 19 heavy (non-hydrogen) atoms. The smallest absolute Gasteiger partial charge is 0.0347 e. The van der Waals surface area contributed by atoms with Crippen molar-refractivity contribution in [1.29, 1.82) is 0 Å². The van der Waals surface area contributed by atoms with Crippen LogP contribution in [0.15, 0.2) is 48.8 Å². The molecule has 2 rings (SSSR count). The summed E-state index contributed by atoms with van der Waals surface area (Å²) in [6.07, 6.45) is 5.75. The lowest BCUT2D eigenvalue weighted by Gasteiger charge is -2.17. The molecule has 1 aromatic carbocycles. The Bertz CT molecular complexity index is 496. The lowest BCUT2D eigenvalue weighted by molar-refractivity contribution is 0.343. The van der Waals surface area contributed by atoms with Crippen molar-refractivity contribution >= 4 is 5.69 Å². The van der Waals surface area contributed by atoms with Gasteiger partial charge in [-0.1, -0.05) is 18.2 Å². The third kappa shape index (κ3) is 4.38. The maximum atomic E-state index is 5.95. The zero-order chi connectivity index (χ0) is 13.5. The van der Waals surface area contributed by atoms with Crippen molar-refractivity contribution in [2.45, 2.75) is 12.8 Å². The molecule has 3 heteroatoms. The molecule has 2 aromatic rings. The molecule has 2 N–H and O–H groups in total. The van der Waals surface area contributed by atoms with Gasteiger partial charge in [0.15, 0.2) is 0 Å². The second-order valence-corrected chi connectivity index (χ2v) is 4.86. The van der Waals surface area contributed by atoms with E-state index in [2.05, 4.69) is 35.1 Å². The number of rotatable bonds is 6. The zero-order valence-corrected chi connectivity index (χ0v) is 11.4. The predicted octanol–water partition coefficient (Wildman–Crippen LogP) is 2.38. The van der Waals surface area contributed by atoms with Crippen LogP contribution in [0.3, 0.4) is 0 Å². The summed E-state index contributed by atoms with van der Waals surface area (Å²) < 4.78 is 0. The summed E-state index contributed by atoms with van der Waals surface area (Å²) in [4.78, 5) is 6.37. The average Bonchev–Trinajstić information content (AvgIpc) is 2.45. The first-order valence-electron chi connectivity index (χ1n) is 6.66. The SMILES string of the molecule is CN(CCc1ccncc1)CCc1ccccc1N. The summed E-state index contributed by atoms with van der Waals surface area (Å²) in [5.41, 5.74) is 9.41. The second kappa shape index (κ2) is 6.90. The maximum Gasteiger partial charge on any atom is 0.0347 e. The Kier molecular flexibility index (Phi) is 4.93. The molecule has 1 heterocycles. The van der Waals surface area contributed by atoms with Crippen LogP contribution in [0.2, 0.25) is 0 Å². The Morgan fingerprint density at radius 3 is 2.42 bits per heavy atom. The van der Waals surface area contributed by atoms with Crippen molar-refractivity contribution in [2.75, 3.05) is 25.9 Å². The lowest BCUT2D eigenvalue weighted by Crippen LogP contribution is -2.24. The number of nitrogens with zero attached hydrogens (tertiary/aromatic N) is 2. The first-order valence-corrected chi connectivity index (χ1v) is 6.66. The number of nitrogens with two attached hydrogens (primary N) is 1. The van der Waals surface area contributed by atoms with Gasteiger partial charge in [0.25, 0.3) is 0 Å². The van der Waals surface area contributed by atoms with Gasteiger partial charge in [-0.05, 0) is 49.2 Å². The van der Waals surface area contributed by atoms with Crippen molar-refractivity contribution in [2.24, 2.45) is 0 Å². The topological polar surface area (TPSA) is 42.2 Å². The Hall–Kier alpha value is -1.87. The van der Waals surface area contributed by atoms with E-state index in [0.717, 1.165) is 31.6 Å². The van der Waals surface area contributed by atoms with Gasteiger partial charge in [0, 0.05) is 31.2 Å². The molecule has 1 aromatic heterocycles. The molecule has 0 amide bonds. The standard InChI is InChI=1S/C16H21N3/c1-19(12-8-14-6-10-18-11-7-14)13-9-15-4-2-3-5-16(15)17/h2-7,10-11H,8-9,12-13,17H2,1H3. The van der Waals surface area contributed by atoms with Crippen LogP contribution in [0.5, 0.6) is 0 Å². The fraction of sp³-hybridized carbons (Fsp3) is 0.312. The van der Waals surface area contributed by atoms with E-state index < -0.39 is 0 Å². The van der Waals surface area contributed by atoms with Gasteiger partial charge >= 0.3 is 0 Å². The van der Waals surface area contributed by atoms with Gasteiger partial charge in [-0.25, -0.2) is 0 Å². The van der Waals surface area contributed by atoms with Crippen molar-refractivity contribution in [3.8, 4) is 0 Å². The first-order chi connectivity index (χ1) is 9.25. The van der Waals surface area contributed by atoms with Crippen LogP contribution in [-0.4, -0.2) is 30.0 Å². The van der Waals surface area contributed by atoms with E-state index in [1.807, 2.05) is 30.6 Å². The molecule has 0 aliphatic heterocycles. The van der Waals surface area contributed by atoms with E-state index in [9.17, 15) is 0 Å². The summed E-state index contributed by atoms with van der Waals surface area (Å²) in [6, 6.07) is 12.2. The van der Waals surface area contributed by atoms with Crippen LogP contribution < -0.4 is 5.73 Å². The van der Waals surface area contributed by atoms with Crippen LogP contribution in [-0.2, 0) is 12.8 Å². The maximum absolute atomic E-state index is 5.95. The second-order valence-electron chi connectivity index (χ2n) is 4.86. The van der Waals surface area contributed by atoms with Crippen LogP contribution >= 0.6 is 0 Å². The van der Waals surface area contributed by atoms with Gasteiger partial charge in [-0.15, -0.1) is 0 Å². The van der Waals surface area contributed by atoms with Crippen molar-refractivity contribution in [3.05, 3.63) is 59.9 Å². The van der Waals surface area contributed by atoms with Crippen molar-refractivity contribution < 1.29 is 0 Å². The van der Waals surface area contributed by atoms with Crippen molar-refractivity contribution in [3.63, 3.8) is 0 Å². The molecule has 0 spiro atoms. The Morgan fingerprint density at radius 2 is 1.68 bits per heavy atom. The van der Waals surface area contributed by atoms with E-state index in [1.54, 1.807) is 0 Å². The summed E-state index contributed by atoms with van der Waals surface area (Å²) in [5.74, 6) is 0. The fourth-order valence-corrected chi connectivity index (χ4v) is 2.05. The number of para-hydroxylation sites is 1. The van der Waals surface area contributed by atoms with E-state index in [4.69, 9.17) is 5.73 Å². The minimum absolute atomic E-state index is 0.894. The number of hydrogen-bond donors (Lipinski definition) is 1. The summed E-state index contributed by atoms with van der Waals surface area (Å²) >= 11 is 0. The normalized spacial score (nSPS) is 10.8. The van der Waals surface area contributed by atoms with E-state index in [1.165, 1.54) is 11.1 Å². The minimum atomic E-state index is 0.894. The molecule has 0 aliphatic carbocycles. The zero-order valence-electron chi connectivity index (χ0n) is 11.4. The number of anilines is 1. The molecule has 0 atom stereocenters. The van der Waals surface area contributed by atoms with Gasteiger partial charge in [0.05, 0.1) is 0 Å². The van der Waals surface area contributed by atoms with Crippen LogP contribution in [0, 0.1) is 0 Å². The molecule has 0 fully saturated rings. The average molecular weight is 255 g/mol. The first kappa shape index (κ1) is 13.6. The lowest BCUT2D eigenvalue weighted by atomic mass is 10.1. The van der Waals surface area contributed by atoms with E-state index >= 15 is 0 Å². The van der Waals surface area contributed by atoms with Crippen LogP contribution in [0.25, 0.3) is 0 Å². The molecule has 0 aliphatic rings. The van der Waals surface area contributed by atoms with Crippen LogP contribution in [0.4, 0.5) is 5.69 Å². The predicted molar refractivity (Wildman–Crippen MR) is 80.0 cm³/mol. The number of aromatic nitrogens is 1. The van der Waals surface area contributed by atoms with Gasteiger partial charge in [-0.2, -0.15) is 0 Å². The van der Waals surface area contributed by atoms with Gasteiger partial charge in [0.2, 0.25) is 0 Å². The summed E-state index contributed by atoms with van der Waals surface area (Å²) in [5, 5.41) is 0. The highest BCUT2D eigenvalue weighted by Gasteiger charge is 2.02. The molecule has 0 saturated heterocycles. The Labute approximate surface area is 115 Å². The highest BCUT2D eigenvalue weighted by atomic mass is 15.1. The highest BCUT2D eigenvalue weighted by molar-refractivity contribution is 5.46. The monoisotopic (exact) mass is 255 g/mol. The van der Waals surface area contributed by atoms with Gasteiger partial charge in [-0.3, -0.25) is 4.98 Å². The molecule has 100 valence electrons. The summed E-state index contributed by atoms with van der Waals surface area (Å²) in [7, 11) is 2.15. The van der Waals surface area contributed by atoms with Gasteiger partial charge in [0.1, 0.15) is 0 Å². The van der Waals surface area contributed by atoms with Crippen LogP contribution in [0.1, 0.15) is 11.1 Å². The largest absolute Gasteiger partial charge is 0.399 e. The number of nitrogen functional groups attached to an aromatic ring is 1. The molecular formula is C16H21N3. The Balaban J connectivity index is 1.76. The number of hydrogen-bond acceptors (Lipinski definition) is 3. The van der Waals surface area contributed by atoms with E-state index in [-0.39, 0.29) is 0 Å². The third-order valence-electron chi connectivity index (χ3n) is 3.35. The molecule has 3 nitrogen and oxygen atoms in total. The quantitative estimate of drug-likeness (QED) is 0.806. The molecular weight excluding hydrogens is 234 g/mol. The summed E-state index contributed by atoms with van der Waals surface area (Å²) in [6.45, 7) is 2.08. The van der Waals surface area contributed by atoms with Crippen molar-refractivity contribution in [1.82, 2.24) is 9.88 Å². The molecule has 0 radical (unpaired) electrons. The third-order valence-corrected chi connectivity index (χ3v) is 3.35. The minimum Gasteiger partial charge on any atom is -0.399 e. The fourth-order valence-electron chi connectivity index (χ4n) is 2.05.